The number of ether oxygens (including phenoxy) is 1. The highest BCUT2D eigenvalue weighted by Crippen LogP contribution is 2.35. The van der Waals surface area contributed by atoms with E-state index < -0.39 is 0 Å². The van der Waals surface area contributed by atoms with Crippen molar-refractivity contribution in [3.63, 3.8) is 0 Å². The molecule has 1 aliphatic heterocycles. The van der Waals surface area contributed by atoms with Crippen LogP contribution in [0, 0.1) is 0 Å². The number of hydrogen-bond acceptors (Lipinski definition) is 6. The number of benzene rings is 3. The molecule has 6 nitrogen and oxygen atoms in total. The number of esters is 1. The van der Waals surface area contributed by atoms with Gasteiger partial charge in [-0.05, 0) is 59.3 Å². The Bertz CT molecular complexity index is 1460. The lowest BCUT2D eigenvalue weighted by Gasteiger charge is -2.14. The molecule has 1 fully saturated rings. The fourth-order valence-electron chi connectivity index (χ4n) is 3.94. The van der Waals surface area contributed by atoms with E-state index in [9.17, 15) is 14.4 Å². The van der Waals surface area contributed by atoms with Crippen LogP contribution in [0.25, 0.3) is 28.2 Å². The Balaban J connectivity index is 1.33. The van der Waals surface area contributed by atoms with E-state index in [2.05, 4.69) is 0 Å². The smallest absolute Gasteiger partial charge is 0.338 e. The first-order valence-corrected chi connectivity index (χ1v) is 11.9. The Morgan fingerprint density at radius 3 is 2.54 bits per heavy atom. The first kappa shape index (κ1) is 22.7. The molecule has 0 bridgehead atoms. The number of rotatable bonds is 6. The topological polar surface area (TPSA) is 76.8 Å². The SMILES string of the molecule is CCOC(=O)c1ccc(-c2ccc(/C=C3\SC(=O)N(Cc4cccc5ccccc45)C3=O)o2)cc1. The van der Waals surface area contributed by atoms with Gasteiger partial charge in [-0.15, -0.1) is 0 Å². The number of furan rings is 1. The van der Waals surface area contributed by atoms with Crippen LogP contribution in [0.3, 0.4) is 0 Å². The molecule has 1 saturated heterocycles. The van der Waals surface area contributed by atoms with Crippen molar-refractivity contribution in [2.75, 3.05) is 6.61 Å². The molecule has 0 aliphatic carbocycles. The van der Waals surface area contributed by atoms with Crippen molar-refractivity contribution in [2.45, 2.75) is 13.5 Å². The van der Waals surface area contributed by atoms with E-state index >= 15 is 0 Å². The zero-order valence-corrected chi connectivity index (χ0v) is 19.7. The van der Waals surface area contributed by atoms with Gasteiger partial charge in [0.1, 0.15) is 11.5 Å². The molecule has 2 amide bonds. The standard InChI is InChI=1S/C28H21NO5S/c1-2-33-27(31)20-12-10-19(11-13-20)24-15-14-22(34-24)16-25-26(30)29(28(32)35-25)17-21-8-5-7-18-6-3-4-9-23(18)21/h3-16H,2,17H2,1H3/b25-16-. The van der Waals surface area contributed by atoms with Gasteiger partial charge in [-0.1, -0.05) is 54.6 Å². The zero-order valence-electron chi connectivity index (χ0n) is 18.9. The Morgan fingerprint density at radius 2 is 1.74 bits per heavy atom. The summed E-state index contributed by atoms with van der Waals surface area (Å²) in [5, 5.41) is 1.77. The number of carbonyl (C=O) groups is 3. The molecule has 7 heteroatoms. The molecular formula is C28H21NO5S. The Kier molecular flexibility index (Phi) is 6.25. The molecule has 3 aromatic carbocycles. The summed E-state index contributed by atoms with van der Waals surface area (Å²) < 4.78 is 10.9. The van der Waals surface area contributed by atoms with Gasteiger partial charge in [0.05, 0.1) is 23.6 Å². The summed E-state index contributed by atoms with van der Waals surface area (Å²) in [5.74, 6) is 0.329. The lowest BCUT2D eigenvalue weighted by Crippen LogP contribution is -2.27. The maximum Gasteiger partial charge on any atom is 0.338 e. The van der Waals surface area contributed by atoms with Crippen LogP contribution in [0.5, 0.6) is 0 Å². The quantitative estimate of drug-likeness (QED) is 0.230. The van der Waals surface area contributed by atoms with E-state index in [-0.39, 0.29) is 23.7 Å². The maximum absolute atomic E-state index is 13.0. The van der Waals surface area contributed by atoms with Crippen molar-refractivity contribution in [3.05, 3.63) is 101 Å². The summed E-state index contributed by atoms with van der Waals surface area (Å²) in [7, 11) is 0. The fourth-order valence-corrected chi connectivity index (χ4v) is 4.76. The molecule has 0 spiro atoms. The second-order valence-electron chi connectivity index (χ2n) is 7.91. The Morgan fingerprint density at radius 1 is 0.971 bits per heavy atom. The molecule has 174 valence electrons. The number of thioether (sulfide) groups is 1. The predicted octanol–water partition coefficient (Wildman–Crippen LogP) is 6.51. The molecule has 0 N–H and O–H groups in total. The highest BCUT2D eigenvalue weighted by Gasteiger charge is 2.35. The van der Waals surface area contributed by atoms with Gasteiger partial charge in [0.2, 0.25) is 0 Å². The van der Waals surface area contributed by atoms with Gasteiger partial charge in [-0.3, -0.25) is 14.5 Å². The molecule has 4 aromatic rings. The van der Waals surface area contributed by atoms with Gasteiger partial charge in [0, 0.05) is 11.6 Å². The van der Waals surface area contributed by atoms with Crippen LogP contribution in [-0.2, 0) is 16.1 Å². The van der Waals surface area contributed by atoms with Gasteiger partial charge in [0.15, 0.2) is 0 Å². The average molecular weight is 484 g/mol. The van der Waals surface area contributed by atoms with E-state index in [1.165, 1.54) is 4.90 Å². The monoisotopic (exact) mass is 483 g/mol. The first-order valence-electron chi connectivity index (χ1n) is 11.1. The van der Waals surface area contributed by atoms with Crippen LogP contribution in [0.4, 0.5) is 4.79 Å². The average Bonchev–Trinajstić information content (AvgIpc) is 3.45. The van der Waals surface area contributed by atoms with Crippen LogP contribution < -0.4 is 0 Å². The van der Waals surface area contributed by atoms with Crippen LogP contribution >= 0.6 is 11.8 Å². The molecule has 5 rings (SSSR count). The molecule has 0 saturated carbocycles. The second-order valence-corrected chi connectivity index (χ2v) is 8.90. The lowest BCUT2D eigenvalue weighted by molar-refractivity contribution is -0.123. The van der Waals surface area contributed by atoms with E-state index in [0.29, 0.717) is 28.6 Å². The fraction of sp³-hybridized carbons (Fsp3) is 0.107. The van der Waals surface area contributed by atoms with Gasteiger partial charge < -0.3 is 9.15 Å². The molecule has 0 radical (unpaired) electrons. The lowest BCUT2D eigenvalue weighted by atomic mass is 10.0. The Hall–Kier alpha value is -4.10. The second kappa shape index (κ2) is 9.64. The molecule has 1 aliphatic rings. The zero-order chi connectivity index (χ0) is 24.4. The molecule has 0 atom stereocenters. The van der Waals surface area contributed by atoms with Crippen LogP contribution in [0.2, 0.25) is 0 Å². The van der Waals surface area contributed by atoms with Gasteiger partial charge in [-0.2, -0.15) is 0 Å². The number of nitrogens with zero attached hydrogens (tertiary/aromatic N) is 1. The number of carbonyl (C=O) groups excluding carboxylic acids is 3. The van der Waals surface area contributed by atoms with Crippen molar-refractivity contribution in [1.82, 2.24) is 4.90 Å². The minimum Gasteiger partial charge on any atom is -0.462 e. The van der Waals surface area contributed by atoms with E-state index in [0.717, 1.165) is 33.7 Å². The number of fused-ring (bicyclic) bond motifs is 1. The number of amides is 2. The third-order valence-corrected chi connectivity index (χ3v) is 6.57. The summed E-state index contributed by atoms with van der Waals surface area (Å²) in [4.78, 5) is 39.1. The molecule has 35 heavy (non-hydrogen) atoms. The largest absolute Gasteiger partial charge is 0.462 e. The van der Waals surface area contributed by atoms with Crippen LogP contribution in [-0.4, -0.2) is 28.6 Å². The van der Waals surface area contributed by atoms with Crippen molar-refractivity contribution in [2.24, 2.45) is 0 Å². The molecule has 1 aromatic heterocycles. The number of imide groups is 1. The third kappa shape index (κ3) is 4.63. The highest BCUT2D eigenvalue weighted by atomic mass is 32.2. The third-order valence-electron chi connectivity index (χ3n) is 5.66. The summed E-state index contributed by atoms with van der Waals surface area (Å²) in [6.07, 6.45) is 1.59. The summed E-state index contributed by atoms with van der Waals surface area (Å²) >= 11 is 0.903. The normalized spacial score (nSPS) is 14.8. The minimum absolute atomic E-state index is 0.208. The van der Waals surface area contributed by atoms with Crippen molar-refractivity contribution < 1.29 is 23.5 Å². The van der Waals surface area contributed by atoms with Crippen molar-refractivity contribution in [1.29, 1.82) is 0 Å². The summed E-state index contributed by atoms with van der Waals surface area (Å²) in [6.45, 7) is 2.28. The van der Waals surface area contributed by atoms with E-state index in [1.807, 2.05) is 42.5 Å². The van der Waals surface area contributed by atoms with E-state index in [4.69, 9.17) is 9.15 Å². The minimum atomic E-state index is -0.376. The number of hydrogen-bond donors (Lipinski definition) is 0. The Labute approximate surface area is 206 Å². The van der Waals surface area contributed by atoms with Gasteiger partial charge >= 0.3 is 5.97 Å². The molecule has 0 unspecified atom stereocenters. The molecular weight excluding hydrogens is 462 g/mol. The van der Waals surface area contributed by atoms with Crippen LogP contribution in [0.15, 0.2) is 88.2 Å². The van der Waals surface area contributed by atoms with Gasteiger partial charge in [0.25, 0.3) is 11.1 Å². The first-order chi connectivity index (χ1) is 17.0. The van der Waals surface area contributed by atoms with Crippen LogP contribution in [0.1, 0.15) is 28.6 Å². The molecule has 2 heterocycles. The summed E-state index contributed by atoms with van der Waals surface area (Å²) in [5.41, 5.74) is 2.15. The van der Waals surface area contributed by atoms with Gasteiger partial charge in [-0.25, -0.2) is 4.79 Å². The predicted molar refractivity (Wildman–Crippen MR) is 136 cm³/mol. The van der Waals surface area contributed by atoms with E-state index in [1.54, 1.807) is 49.4 Å². The summed E-state index contributed by atoms with van der Waals surface area (Å²) in [6, 6.07) is 24.2. The maximum atomic E-state index is 13.0. The highest BCUT2D eigenvalue weighted by molar-refractivity contribution is 8.18. The van der Waals surface area contributed by atoms with Crippen molar-refractivity contribution >= 4 is 45.7 Å². The van der Waals surface area contributed by atoms with Crippen molar-refractivity contribution in [3.8, 4) is 11.3 Å².